The van der Waals surface area contributed by atoms with Crippen LogP contribution in [0.1, 0.15) is 34.8 Å². The Labute approximate surface area is 103 Å². The van der Waals surface area contributed by atoms with Gasteiger partial charge in [-0.2, -0.15) is 0 Å². The van der Waals surface area contributed by atoms with Gasteiger partial charge in [0.15, 0.2) is 5.69 Å². The number of benzene rings is 1. The van der Waals surface area contributed by atoms with Gasteiger partial charge in [-0.25, -0.2) is 9.78 Å². The van der Waals surface area contributed by atoms with Crippen LogP contribution in [-0.2, 0) is 0 Å². The predicted octanol–water partition coefficient (Wildman–Crippen LogP) is 3.39. The Morgan fingerprint density at radius 3 is 2.94 bits per heavy atom. The molecule has 0 radical (unpaired) electrons. The van der Waals surface area contributed by atoms with Gasteiger partial charge in [-0.3, -0.25) is 0 Å². The molecule has 3 nitrogen and oxygen atoms in total. The molecule has 1 heterocycles. The molecule has 1 saturated carbocycles. The zero-order valence-corrected chi connectivity index (χ0v) is 9.91. The molecular weight excluding hydrogens is 234 g/mol. The van der Waals surface area contributed by atoms with Gasteiger partial charge < -0.3 is 5.11 Å². The van der Waals surface area contributed by atoms with Gasteiger partial charge in [0.25, 0.3) is 0 Å². The number of carboxylic acid groups (broad SMARTS) is 1. The van der Waals surface area contributed by atoms with E-state index in [2.05, 4.69) is 17.1 Å². The van der Waals surface area contributed by atoms with Crippen LogP contribution < -0.4 is 0 Å². The molecule has 0 saturated heterocycles. The number of carbonyl (C=O) groups is 1. The first-order chi connectivity index (χ1) is 8.25. The Kier molecular flexibility index (Phi) is 2.44. The number of thiazole rings is 1. The predicted molar refractivity (Wildman–Crippen MR) is 66.5 cm³/mol. The van der Waals surface area contributed by atoms with Crippen molar-refractivity contribution in [2.24, 2.45) is 0 Å². The lowest BCUT2D eigenvalue weighted by molar-refractivity contribution is 0.0692. The minimum absolute atomic E-state index is 0.156. The number of carboxylic acids is 1. The molecule has 4 heteroatoms. The highest BCUT2D eigenvalue weighted by Crippen LogP contribution is 2.41. The molecule has 1 aliphatic carbocycles. The fraction of sp³-hybridized carbons (Fsp3) is 0.231. The largest absolute Gasteiger partial charge is 0.476 e. The zero-order chi connectivity index (χ0) is 11.8. The minimum atomic E-state index is -0.960. The molecule has 0 atom stereocenters. The zero-order valence-electron chi connectivity index (χ0n) is 9.09. The fourth-order valence-electron chi connectivity index (χ4n) is 1.95. The number of aromatic carboxylic acids is 1. The van der Waals surface area contributed by atoms with E-state index in [0.717, 1.165) is 10.4 Å². The molecule has 1 fully saturated rings. The number of rotatable bonds is 3. The lowest BCUT2D eigenvalue weighted by atomic mass is 10.1. The maximum atomic E-state index is 11.0. The van der Waals surface area contributed by atoms with E-state index in [-0.39, 0.29) is 5.69 Å². The summed E-state index contributed by atoms with van der Waals surface area (Å²) in [5, 5.41) is 9.05. The molecular formula is C13H11NO2S. The van der Waals surface area contributed by atoms with Crippen molar-refractivity contribution in [1.82, 2.24) is 4.98 Å². The normalized spacial score (nSPS) is 14.8. The fourth-order valence-corrected chi connectivity index (χ4v) is 2.73. The molecule has 1 aromatic carbocycles. The van der Waals surface area contributed by atoms with Crippen LogP contribution in [0.25, 0.3) is 10.4 Å². The third kappa shape index (κ3) is 1.96. The van der Waals surface area contributed by atoms with E-state index in [1.807, 2.05) is 12.1 Å². The van der Waals surface area contributed by atoms with E-state index in [1.165, 1.54) is 29.7 Å². The van der Waals surface area contributed by atoms with E-state index >= 15 is 0 Å². The first kappa shape index (κ1) is 10.5. The Morgan fingerprint density at radius 1 is 1.41 bits per heavy atom. The number of hydrogen-bond acceptors (Lipinski definition) is 3. The van der Waals surface area contributed by atoms with E-state index < -0.39 is 5.97 Å². The highest BCUT2D eigenvalue weighted by molar-refractivity contribution is 7.13. The van der Waals surface area contributed by atoms with Crippen molar-refractivity contribution >= 4 is 17.3 Å². The summed E-state index contributed by atoms with van der Waals surface area (Å²) >= 11 is 1.38. The molecule has 0 aliphatic heterocycles. The summed E-state index contributed by atoms with van der Waals surface area (Å²) < 4.78 is 0. The number of nitrogens with zero attached hydrogens (tertiary/aromatic N) is 1. The van der Waals surface area contributed by atoms with Crippen molar-refractivity contribution in [2.75, 3.05) is 0 Å². The summed E-state index contributed by atoms with van der Waals surface area (Å²) in [5.74, 6) is -0.283. The summed E-state index contributed by atoms with van der Waals surface area (Å²) in [6.45, 7) is 0. The summed E-state index contributed by atoms with van der Waals surface area (Å²) in [5.41, 5.74) is 4.02. The quantitative estimate of drug-likeness (QED) is 0.901. The third-order valence-electron chi connectivity index (χ3n) is 2.97. The number of aromatic nitrogens is 1. The monoisotopic (exact) mass is 245 g/mol. The Balaban J connectivity index is 2.05. The topological polar surface area (TPSA) is 50.2 Å². The summed E-state index contributed by atoms with van der Waals surface area (Å²) in [6.07, 6.45) is 2.50. The van der Waals surface area contributed by atoms with Gasteiger partial charge in [0, 0.05) is 0 Å². The van der Waals surface area contributed by atoms with E-state index in [1.54, 1.807) is 5.51 Å². The van der Waals surface area contributed by atoms with Gasteiger partial charge in [0.1, 0.15) is 0 Å². The molecule has 0 spiro atoms. The lowest BCUT2D eigenvalue weighted by Crippen LogP contribution is -1.98. The van der Waals surface area contributed by atoms with Crippen LogP contribution in [0.15, 0.2) is 29.8 Å². The van der Waals surface area contributed by atoms with Gasteiger partial charge in [-0.1, -0.05) is 18.2 Å². The molecule has 1 aromatic heterocycles. The highest BCUT2D eigenvalue weighted by atomic mass is 32.1. The van der Waals surface area contributed by atoms with E-state index in [9.17, 15) is 4.79 Å². The summed E-state index contributed by atoms with van der Waals surface area (Å²) in [7, 11) is 0. The molecule has 0 bridgehead atoms. The van der Waals surface area contributed by atoms with Crippen LogP contribution in [-0.4, -0.2) is 16.1 Å². The average molecular weight is 245 g/mol. The standard InChI is InChI=1S/C13H11NO2S/c15-13(16)11-12(17-7-14-11)10-3-1-2-9(6-10)8-4-5-8/h1-3,6-8H,4-5H2,(H,15,16). The summed E-state index contributed by atoms with van der Waals surface area (Å²) in [4.78, 5) is 15.7. The maximum Gasteiger partial charge on any atom is 0.356 e. The minimum Gasteiger partial charge on any atom is -0.476 e. The Morgan fingerprint density at radius 2 is 2.24 bits per heavy atom. The van der Waals surface area contributed by atoms with Crippen molar-refractivity contribution in [3.63, 3.8) is 0 Å². The second kappa shape index (κ2) is 3.96. The molecule has 3 rings (SSSR count). The van der Waals surface area contributed by atoms with Crippen LogP contribution >= 0.6 is 11.3 Å². The van der Waals surface area contributed by atoms with Gasteiger partial charge >= 0.3 is 5.97 Å². The van der Waals surface area contributed by atoms with Crippen molar-refractivity contribution in [3.8, 4) is 10.4 Å². The second-order valence-electron chi connectivity index (χ2n) is 4.23. The molecule has 86 valence electrons. The highest BCUT2D eigenvalue weighted by Gasteiger charge is 2.24. The van der Waals surface area contributed by atoms with Gasteiger partial charge in [-0.15, -0.1) is 11.3 Å². The van der Waals surface area contributed by atoms with Crippen LogP contribution in [0.3, 0.4) is 0 Å². The third-order valence-corrected chi connectivity index (χ3v) is 3.84. The van der Waals surface area contributed by atoms with Gasteiger partial charge in [-0.05, 0) is 36.0 Å². The number of hydrogen-bond donors (Lipinski definition) is 1. The molecule has 17 heavy (non-hydrogen) atoms. The lowest BCUT2D eigenvalue weighted by Gasteiger charge is -2.02. The maximum absolute atomic E-state index is 11.0. The molecule has 2 aromatic rings. The first-order valence-corrected chi connectivity index (χ1v) is 6.41. The second-order valence-corrected chi connectivity index (χ2v) is 5.09. The van der Waals surface area contributed by atoms with Crippen molar-refractivity contribution < 1.29 is 9.90 Å². The SMILES string of the molecule is O=C(O)c1ncsc1-c1cccc(C2CC2)c1. The van der Waals surface area contributed by atoms with E-state index in [4.69, 9.17) is 5.11 Å². The van der Waals surface area contributed by atoms with Gasteiger partial charge in [0.2, 0.25) is 0 Å². The van der Waals surface area contributed by atoms with Crippen LogP contribution in [0.4, 0.5) is 0 Å². The van der Waals surface area contributed by atoms with Gasteiger partial charge in [0.05, 0.1) is 10.4 Å². The van der Waals surface area contributed by atoms with Crippen LogP contribution in [0, 0.1) is 0 Å². The Bertz CT molecular complexity index is 572. The van der Waals surface area contributed by atoms with Crippen LogP contribution in [0.2, 0.25) is 0 Å². The average Bonchev–Trinajstić information content (AvgIpc) is 3.06. The summed E-state index contributed by atoms with van der Waals surface area (Å²) in [6, 6.07) is 8.15. The van der Waals surface area contributed by atoms with Crippen LogP contribution in [0.5, 0.6) is 0 Å². The first-order valence-electron chi connectivity index (χ1n) is 5.53. The van der Waals surface area contributed by atoms with E-state index in [0.29, 0.717) is 5.92 Å². The van der Waals surface area contributed by atoms with Crippen molar-refractivity contribution in [3.05, 3.63) is 41.0 Å². The molecule has 1 N–H and O–H groups in total. The smallest absolute Gasteiger partial charge is 0.356 e. The molecule has 1 aliphatic rings. The van der Waals surface area contributed by atoms with Crippen molar-refractivity contribution in [1.29, 1.82) is 0 Å². The Hall–Kier alpha value is -1.68. The molecule has 0 amide bonds. The van der Waals surface area contributed by atoms with Crippen molar-refractivity contribution in [2.45, 2.75) is 18.8 Å². The molecule has 0 unspecified atom stereocenters.